The first-order valence-electron chi connectivity index (χ1n) is 9.19. The lowest BCUT2D eigenvalue weighted by atomic mass is 10.0. The summed E-state index contributed by atoms with van der Waals surface area (Å²) in [6, 6.07) is 22.2. The first kappa shape index (κ1) is 20.1. The number of hydrogen-bond acceptors (Lipinski definition) is 4. The Hall–Kier alpha value is -3.64. The van der Waals surface area contributed by atoms with Gasteiger partial charge < -0.3 is 20.9 Å². The fraction of sp³-hybridized carbons (Fsp3) is 0.130. The summed E-state index contributed by atoms with van der Waals surface area (Å²) in [6.45, 7) is 0.376. The van der Waals surface area contributed by atoms with E-state index in [1.165, 1.54) is 0 Å². The van der Waals surface area contributed by atoms with E-state index >= 15 is 0 Å². The third kappa shape index (κ3) is 5.67. The van der Waals surface area contributed by atoms with Crippen molar-refractivity contribution >= 4 is 11.9 Å². The number of carbonyl (C=O) groups excluding carboxylic acids is 1. The van der Waals surface area contributed by atoms with Gasteiger partial charge in [-0.3, -0.25) is 4.79 Å². The van der Waals surface area contributed by atoms with Crippen LogP contribution in [0.5, 0.6) is 11.5 Å². The molecule has 0 aliphatic rings. The maximum absolute atomic E-state index is 12.4. The zero-order valence-electron chi connectivity index (χ0n) is 15.7. The average molecular weight is 390 g/mol. The van der Waals surface area contributed by atoms with E-state index in [1.807, 2.05) is 30.3 Å². The van der Waals surface area contributed by atoms with Crippen LogP contribution in [0.3, 0.4) is 0 Å². The molecular weight excluding hydrogens is 368 g/mol. The number of aliphatic carboxylic acids is 1. The van der Waals surface area contributed by atoms with Crippen LogP contribution in [0.15, 0.2) is 78.9 Å². The monoisotopic (exact) mass is 390 g/mol. The lowest BCUT2D eigenvalue weighted by Crippen LogP contribution is -2.42. The number of ether oxygens (including phenoxy) is 1. The Morgan fingerprint density at radius 2 is 1.59 bits per heavy atom. The molecule has 3 aromatic rings. The van der Waals surface area contributed by atoms with Gasteiger partial charge in [-0.05, 0) is 47.5 Å². The normalized spacial score (nSPS) is 11.5. The highest BCUT2D eigenvalue weighted by Crippen LogP contribution is 2.22. The van der Waals surface area contributed by atoms with Crippen molar-refractivity contribution < 1.29 is 19.4 Å². The minimum absolute atomic E-state index is 0.133. The van der Waals surface area contributed by atoms with Gasteiger partial charge in [-0.2, -0.15) is 0 Å². The SMILES string of the molecule is NCc1ccc(C(=O)N[C@@H](Cc2cccc(Oc3ccccc3)c2)C(=O)O)cc1. The molecule has 0 spiro atoms. The summed E-state index contributed by atoms with van der Waals surface area (Å²) in [5.41, 5.74) is 7.57. The van der Waals surface area contributed by atoms with Crippen LogP contribution in [-0.2, 0) is 17.8 Å². The molecule has 0 saturated carbocycles. The molecule has 148 valence electrons. The molecular formula is C23H22N2O4. The van der Waals surface area contributed by atoms with Gasteiger partial charge >= 0.3 is 5.97 Å². The van der Waals surface area contributed by atoms with Crippen LogP contribution < -0.4 is 15.8 Å². The Morgan fingerprint density at radius 3 is 2.24 bits per heavy atom. The molecule has 1 atom stereocenters. The number of rotatable bonds is 8. The number of benzene rings is 3. The fourth-order valence-corrected chi connectivity index (χ4v) is 2.83. The number of amides is 1. The molecule has 0 radical (unpaired) electrons. The number of nitrogens with one attached hydrogen (secondary N) is 1. The third-order valence-corrected chi connectivity index (χ3v) is 4.37. The van der Waals surface area contributed by atoms with Gasteiger partial charge in [-0.15, -0.1) is 0 Å². The van der Waals surface area contributed by atoms with E-state index in [9.17, 15) is 14.7 Å². The first-order chi connectivity index (χ1) is 14.0. The molecule has 3 aromatic carbocycles. The average Bonchev–Trinajstić information content (AvgIpc) is 2.74. The lowest BCUT2D eigenvalue weighted by molar-refractivity contribution is -0.139. The van der Waals surface area contributed by atoms with Crippen molar-refractivity contribution in [3.05, 3.63) is 95.6 Å². The van der Waals surface area contributed by atoms with Crippen molar-refractivity contribution in [3.8, 4) is 11.5 Å². The van der Waals surface area contributed by atoms with Crippen molar-refractivity contribution in [2.24, 2.45) is 5.73 Å². The predicted octanol–water partition coefficient (Wildman–Crippen LogP) is 3.36. The Morgan fingerprint density at radius 1 is 0.897 bits per heavy atom. The van der Waals surface area contributed by atoms with E-state index in [-0.39, 0.29) is 6.42 Å². The Balaban J connectivity index is 1.69. The second-order valence-corrected chi connectivity index (χ2v) is 6.53. The van der Waals surface area contributed by atoms with Crippen LogP contribution in [0.2, 0.25) is 0 Å². The molecule has 0 aliphatic heterocycles. The molecule has 0 unspecified atom stereocenters. The van der Waals surface area contributed by atoms with Gasteiger partial charge in [-0.1, -0.05) is 42.5 Å². The van der Waals surface area contributed by atoms with Crippen LogP contribution in [0.4, 0.5) is 0 Å². The van der Waals surface area contributed by atoms with Crippen LogP contribution in [0, 0.1) is 0 Å². The maximum atomic E-state index is 12.4. The van der Waals surface area contributed by atoms with Crippen molar-refractivity contribution in [2.75, 3.05) is 0 Å². The van der Waals surface area contributed by atoms with Crippen molar-refractivity contribution in [2.45, 2.75) is 19.0 Å². The van der Waals surface area contributed by atoms with Crippen LogP contribution >= 0.6 is 0 Å². The van der Waals surface area contributed by atoms with Crippen molar-refractivity contribution in [3.63, 3.8) is 0 Å². The summed E-state index contributed by atoms with van der Waals surface area (Å²) < 4.78 is 5.79. The van der Waals surface area contributed by atoms with E-state index in [4.69, 9.17) is 10.5 Å². The quantitative estimate of drug-likeness (QED) is 0.547. The molecule has 6 heteroatoms. The standard InChI is InChI=1S/C23H22N2O4/c24-15-16-9-11-18(12-10-16)22(26)25-21(23(27)28)14-17-5-4-8-20(13-17)29-19-6-2-1-3-7-19/h1-13,21H,14-15,24H2,(H,25,26)(H,27,28)/t21-/m0/s1. The number of carbonyl (C=O) groups is 2. The number of para-hydroxylation sites is 1. The largest absolute Gasteiger partial charge is 0.480 e. The summed E-state index contributed by atoms with van der Waals surface area (Å²) >= 11 is 0. The van der Waals surface area contributed by atoms with E-state index in [0.717, 1.165) is 11.1 Å². The fourth-order valence-electron chi connectivity index (χ4n) is 2.83. The topological polar surface area (TPSA) is 102 Å². The summed E-state index contributed by atoms with van der Waals surface area (Å²) in [5.74, 6) is -0.265. The molecule has 1 amide bonds. The molecule has 0 aromatic heterocycles. The molecule has 0 heterocycles. The van der Waals surface area contributed by atoms with Crippen molar-refractivity contribution in [1.29, 1.82) is 0 Å². The minimum atomic E-state index is -1.11. The molecule has 4 N–H and O–H groups in total. The number of carboxylic acids is 1. The molecule has 0 aliphatic carbocycles. The van der Waals surface area contributed by atoms with Gasteiger partial charge in [0.15, 0.2) is 0 Å². The second kappa shape index (κ2) is 9.52. The molecule has 29 heavy (non-hydrogen) atoms. The molecule has 3 rings (SSSR count). The molecule has 6 nitrogen and oxygen atoms in total. The lowest BCUT2D eigenvalue weighted by Gasteiger charge is -2.15. The minimum Gasteiger partial charge on any atom is -0.480 e. The van der Waals surface area contributed by atoms with E-state index in [0.29, 0.717) is 23.6 Å². The van der Waals surface area contributed by atoms with E-state index < -0.39 is 17.9 Å². The van der Waals surface area contributed by atoms with Gasteiger partial charge in [0.05, 0.1) is 0 Å². The summed E-state index contributed by atoms with van der Waals surface area (Å²) in [4.78, 5) is 24.1. The Bertz CT molecular complexity index is 972. The highest BCUT2D eigenvalue weighted by atomic mass is 16.5. The van der Waals surface area contributed by atoms with E-state index in [1.54, 1.807) is 48.5 Å². The second-order valence-electron chi connectivity index (χ2n) is 6.53. The highest BCUT2D eigenvalue weighted by Gasteiger charge is 2.21. The molecule has 0 saturated heterocycles. The summed E-state index contributed by atoms with van der Waals surface area (Å²) in [7, 11) is 0. The Kier molecular flexibility index (Phi) is 6.60. The van der Waals surface area contributed by atoms with Crippen LogP contribution in [-0.4, -0.2) is 23.0 Å². The molecule has 0 fully saturated rings. The smallest absolute Gasteiger partial charge is 0.326 e. The van der Waals surface area contributed by atoms with Crippen LogP contribution in [0.1, 0.15) is 21.5 Å². The summed E-state index contributed by atoms with van der Waals surface area (Å²) in [5, 5.41) is 12.1. The van der Waals surface area contributed by atoms with Crippen LogP contribution in [0.25, 0.3) is 0 Å². The third-order valence-electron chi connectivity index (χ3n) is 4.37. The Labute approximate surface area is 168 Å². The predicted molar refractivity (Wildman–Crippen MR) is 110 cm³/mol. The zero-order valence-corrected chi connectivity index (χ0v) is 15.7. The van der Waals surface area contributed by atoms with Gasteiger partial charge in [0.25, 0.3) is 5.91 Å². The summed E-state index contributed by atoms with van der Waals surface area (Å²) in [6.07, 6.45) is 0.133. The van der Waals surface area contributed by atoms with Gasteiger partial charge in [-0.25, -0.2) is 4.79 Å². The van der Waals surface area contributed by atoms with Gasteiger partial charge in [0.1, 0.15) is 17.5 Å². The number of nitrogens with two attached hydrogens (primary N) is 1. The maximum Gasteiger partial charge on any atom is 0.326 e. The first-order valence-corrected chi connectivity index (χ1v) is 9.19. The van der Waals surface area contributed by atoms with Gasteiger partial charge in [0.2, 0.25) is 0 Å². The van der Waals surface area contributed by atoms with Crippen molar-refractivity contribution in [1.82, 2.24) is 5.32 Å². The highest BCUT2D eigenvalue weighted by molar-refractivity contribution is 5.96. The van der Waals surface area contributed by atoms with Gasteiger partial charge in [0, 0.05) is 18.5 Å². The number of hydrogen-bond donors (Lipinski definition) is 3. The number of carboxylic acid groups (broad SMARTS) is 1. The van der Waals surface area contributed by atoms with E-state index in [2.05, 4.69) is 5.32 Å². The molecule has 0 bridgehead atoms. The zero-order chi connectivity index (χ0) is 20.6.